The third-order valence-electron chi connectivity index (χ3n) is 3.62. The van der Waals surface area contributed by atoms with E-state index < -0.39 is 24.2 Å². The van der Waals surface area contributed by atoms with Crippen molar-refractivity contribution in [3.63, 3.8) is 0 Å². The molecular weight excluding hydrogens is 343 g/mol. The molecule has 0 spiro atoms. The lowest BCUT2D eigenvalue weighted by atomic mass is 10.1. The number of halogens is 1. The molecular formula is C19H15FO6. The number of Topliss-reactive ketones (excluding diaryl/α,β-unsaturated/α-hetero) is 1. The molecule has 2 aromatic rings. The van der Waals surface area contributed by atoms with Crippen LogP contribution in [0.15, 0.2) is 42.5 Å². The van der Waals surface area contributed by atoms with Gasteiger partial charge in [-0.15, -0.1) is 0 Å². The highest BCUT2D eigenvalue weighted by atomic mass is 19.1. The maximum absolute atomic E-state index is 13.3. The molecule has 0 bridgehead atoms. The van der Waals surface area contributed by atoms with Crippen LogP contribution < -0.4 is 14.2 Å². The highest BCUT2D eigenvalue weighted by Gasteiger charge is 2.15. The first-order chi connectivity index (χ1) is 12.6. The highest BCUT2D eigenvalue weighted by molar-refractivity contribution is 6.01. The van der Waals surface area contributed by atoms with Crippen molar-refractivity contribution in [1.82, 2.24) is 0 Å². The Morgan fingerprint density at radius 2 is 1.96 bits per heavy atom. The van der Waals surface area contributed by atoms with Gasteiger partial charge in [-0.1, -0.05) is 6.07 Å². The topological polar surface area (TPSA) is 71.1 Å². The maximum atomic E-state index is 13.3. The van der Waals surface area contributed by atoms with Crippen molar-refractivity contribution in [2.45, 2.75) is 0 Å². The van der Waals surface area contributed by atoms with Gasteiger partial charge in [0.25, 0.3) is 0 Å². The van der Waals surface area contributed by atoms with Crippen LogP contribution in [0.1, 0.15) is 15.9 Å². The van der Waals surface area contributed by atoms with E-state index in [0.29, 0.717) is 17.1 Å². The number of hydrogen-bond donors (Lipinski definition) is 0. The number of fused-ring (bicyclic) bond motifs is 1. The molecule has 3 rings (SSSR count). The summed E-state index contributed by atoms with van der Waals surface area (Å²) in [6.45, 7) is -0.361. The average Bonchev–Trinajstić information content (AvgIpc) is 3.12. The van der Waals surface area contributed by atoms with E-state index in [-0.39, 0.29) is 18.1 Å². The molecule has 0 amide bonds. The fraction of sp³-hybridized carbons (Fsp3) is 0.158. The van der Waals surface area contributed by atoms with Crippen LogP contribution in [0.2, 0.25) is 0 Å². The first kappa shape index (κ1) is 17.5. The number of ether oxygens (including phenoxy) is 4. The quantitative estimate of drug-likeness (QED) is 0.449. The Kier molecular flexibility index (Phi) is 5.17. The SMILES string of the molecule is COc1ccc(F)cc1C(=O)COC(=O)/C=C/c1ccc2c(c1)OCO2. The molecule has 0 aromatic heterocycles. The molecule has 1 aliphatic heterocycles. The van der Waals surface area contributed by atoms with Gasteiger partial charge < -0.3 is 18.9 Å². The van der Waals surface area contributed by atoms with E-state index in [9.17, 15) is 14.0 Å². The Bertz CT molecular complexity index is 874. The number of ketones is 1. The molecule has 1 aliphatic rings. The number of esters is 1. The van der Waals surface area contributed by atoms with Crippen molar-refractivity contribution in [2.75, 3.05) is 20.5 Å². The second-order valence-electron chi connectivity index (χ2n) is 5.32. The molecule has 0 saturated heterocycles. The van der Waals surface area contributed by atoms with Gasteiger partial charge in [0.05, 0.1) is 12.7 Å². The molecule has 0 N–H and O–H groups in total. The third-order valence-corrected chi connectivity index (χ3v) is 3.62. The fourth-order valence-electron chi connectivity index (χ4n) is 2.34. The summed E-state index contributed by atoms with van der Waals surface area (Å²) in [4.78, 5) is 23.9. The molecule has 26 heavy (non-hydrogen) atoms. The van der Waals surface area contributed by atoms with Gasteiger partial charge in [-0.2, -0.15) is 0 Å². The van der Waals surface area contributed by atoms with E-state index in [4.69, 9.17) is 18.9 Å². The Labute approximate surface area is 148 Å². The van der Waals surface area contributed by atoms with E-state index in [1.807, 2.05) is 0 Å². The number of benzene rings is 2. The molecule has 1 heterocycles. The summed E-state index contributed by atoms with van der Waals surface area (Å²) < 4.78 is 33.7. The number of hydrogen-bond acceptors (Lipinski definition) is 6. The van der Waals surface area contributed by atoms with Crippen LogP contribution in [0.5, 0.6) is 17.2 Å². The summed E-state index contributed by atoms with van der Waals surface area (Å²) in [7, 11) is 1.37. The Hall–Kier alpha value is -3.35. The van der Waals surface area contributed by atoms with Crippen LogP contribution in [0.4, 0.5) is 4.39 Å². The lowest BCUT2D eigenvalue weighted by Crippen LogP contribution is -2.13. The van der Waals surface area contributed by atoms with Crippen LogP contribution in [-0.2, 0) is 9.53 Å². The van der Waals surface area contributed by atoms with Crippen molar-refractivity contribution in [3.05, 3.63) is 59.4 Å². The van der Waals surface area contributed by atoms with Gasteiger partial charge in [-0.25, -0.2) is 9.18 Å². The molecule has 0 atom stereocenters. The van der Waals surface area contributed by atoms with Gasteiger partial charge in [0.15, 0.2) is 18.1 Å². The monoisotopic (exact) mass is 358 g/mol. The van der Waals surface area contributed by atoms with Crippen LogP contribution in [0.3, 0.4) is 0 Å². The van der Waals surface area contributed by atoms with E-state index in [1.165, 1.54) is 31.4 Å². The summed E-state index contributed by atoms with van der Waals surface area (Å²) >= 11 is 0. The third kappa shape index (κ3) is 4.00. The standard InChI is InChI=1S/C19H15FO6/c1-23-16-6-4-13(20)9-14(16)15(21)10-24-19(22)7-3-12-2-5-17-18(8-12)26-11-25-17/h2-9H,10-11H2,1H3/b7-3+. The van der Waals surface area contributed by atoms with Gasteiger partial charge in [0, 0.05) is 6.08 Å². The maximum Gasteiger partial charge on any atom is 0.331 e. The van der Waals surface area contributed by atoms with Crippen molar-refractivity contribution in [1.29, 1.82) is 0 Å². The smallest absolute Gasteiger partial charge is 0.331 e. The zero-order valence-electron chi connectivity index (χ0n) is 13.9. The molecule has 0 fully saturated rings. The van der Waals surface area contributed by atoms with Crippen molar-refractivity contribution in [2.24, 2.45) is 0 Å². The predicted octanol–water partition coefficient (Wildman–Crippen LogP) is 3.00. The van der Waals surface area contributed by atoms with Crippen molar-refractivity contribution >= 4 is 17.8 Å². The minimum absolute atomic E-state index is 0.0139. The number of carbonyl (C=O) groups is 2. The van der Waals surface area contributed by atoms with Crippen LogP contribution in [-0.4, -0.2) is 32.3 Å². The summed E-state index contributed by atoms with van der Waals surface area (Å²) in [5.41, 5.74) is 0.726. The Morgan fingerprint density at radius 1 is 1.15 bits per heavy atom. The molecule has 134 valence electrons. The largest absolute Gasteiger partial charge is 0.496 e. The Morgan fingerprint density at radius 3 is 2.77 bits per heavy atom. The average molecular weight is 358 g/mol. The van der Waals surface area contributed by atoms with Gasteiger partial charge in [-0.05, 0) is 42.0 Å². The Balaban J connectivity index is 1.59. The minimum atomic E-state index is -0.702. The molecule has 0 radical (unpaired) electrons. The van der Waals surface area contributed by atoms with Gasteiger partial charge in [-0.3, -0.25) is 4.79 Å². The first-order valence-electron chi connectivity index (χ1n) is 7.68. The zero-order chi connectivity index (χ0) is 18.5. The minimum Gasteiger partial charge on any atom is -0.496 e. The van der Waals surface area contributed by atoms with Crippen molar-refractivity contribution in [3.8, 4) is 17.2 Å². The van der Waals surface area contributed by atoms with Crippen molar-refractivity contribution < 1.29 is 32.9 Å². The molecule has 2 aromatic carbocycles. The normalized spacial score (nSPS) is 12.2. The first-order valence-corrected chi connectivity index (χ1v) is 7.68. The summed E-state index contributed by atoms with van der Waals surface area (Å²) in [6.07, 6.45) is 2.71. The highest BCUT2D eigenvalue weighted by Crippen LogP contribution is 2.32. The summed E-state index contributed by atoms with van der Waals surface area (Å²) in [5, 5.41) is 0. The molecule has 0 saturated carbocycles. The van der Waals surface area contributed by atoms with Crippen LogP contribution >= 0.6 is 0 Å². The molecule has 0 aliphatic carbocycles. The van der Waals surface area contributed by atoms with E-state index in [1.54, 1.807) is 18.2 Å². The second-order valence-corrected chi connectivity index (χ2v) is 5.32. The van der Waals surface area contributed by atoms with Gasteiger partial charge in [0.2, 0.25) is 12.6 Å². The predicted molar refractivity (Wildman–Crippen MR) is 89.8 cm³/mol. The molecule has 0 unspecified atom stereocenters. The number of methoxy groups -OCH3 is 1. The van der Waals surface area contributed by atoms with E-state index in [2.05, 4.69) is 0 Å². The second kappa shape index (κ2) is 7.69. The van der Waals surface area contributed by atoms with Gasteiger partial charge in [0.1, 0.15) is 11.6 Å². The fourth-order valence-corrected chi connectivity index (χ4v) is 2.34. The van der Waals surface area contributed by atoms with Crippen LogP contribution in [0, 0.1) is 5.82 Å². The number of carbonyl (C=O) groups excluding carboxylic acids is 2. The zero-order valence-corrected chi connectivity index (χ0v) is 13.9. The van der Waals surface area contributed by atoms with E-state index in [0.717, 1.165) is 6.07 Å². The van der Waals surface area contributed by atoms with E-state index >= 15 is 0 Å². The van der Waals surface area contributed by atoms with Gasteiger partial charge >= 0.3 is 5.97 Å². The van der Waals surface area contributed by atoms with Crippen LogP contribution in [0.25, 0.3) is 6.08 Å². The lowest BCUT2D eigenvalue weighted by Gasteiger charge is -2.07. The molecule has 6 nitrogen and oxygen atoms in total. The molecule has 7 heteroatoms. The lowest BCUT2D eigenvalue weighted by molar-refractivity contribution is -0.136. The number of rotatable bonds is 6. The summed E-state index contributed by atoms with van der Waals surface area (Å²) in [6, 6.07) is 8.75. The summed E-state index contributed by atoms with van der Waals surface area (Å²) in [5.74, 6) is -0.405.